The van der Waals surface area contributed by atoms with Crippen molar-refractivity contribution in [2.75, 3.05) is 0 Å². The highest BCUT2D eigenvalue weighted by Gasteiger charge is 2.28. The quantitative estimate of drug-likeness (QED) is 0.454. The predicted octanol–water partition coefficient (Wildman–Crippen LogP) is 1.90. The Hall–Kier alpha value is -2.27. The van der Waals surface area contributed by atoms with Crippen molar-refractivity contribution >= 4 is 21.5 Å². The van der Waals surface area contributed by atoms with Crippen molar-refractivity contribution < 1.29 is 27.6 Å². The lowest BCUT2D eigenvalue weighted by molar-refractivity contribution is -0.394. The van der Waals surface area contributed by atoms with Crippen molar-refractivity contribution in [1.82, 2.24) is 0 Å². The third-order valence-corrected chi connectivity index (χ3v) is 3.46. The SMILES string of the molecule is CCCC(Oc1ccc([N+](=O)[O-])cc1[N+](=O)[O-])S(=O)(=O)O. The molecular weight excluding hydrogens is 308 g/mol. The summed E-state index contributed by atoms with van der Waals surface area (Å²) in [5.41, 5.74) is -2.97. The zero-order valence-corrected chi connectivity index (χ0v) is 11.6. The zero-order chi connectivity index (χ0) is 16.2. The van der Waals surface area contributed by atoms with Gasteiger partial charge in [0.1, 0.15) is 0 Å². The number of hydrogen-bond donors (Lipinski definition) is 1. The highest BCUT2D eigenvalue weighted by molar-refractivity contribution is 7.86. The summed E-state index contributed by atoms with van der Waals surface area (Å²) >= 11 is 0. The van der Waals surface area contributed by atoms with Gasteiger partial charge in [-0.25, -0.2) is 0 Å². The van der Waals surface area contributed by atoms with Crippen LogP contribution < -0.4 is 4.74 Å². The van der Waals surface area contributed by atoms with Gasteiger partial charge in [0.15, 0.2) is 5.75 Å². The Morgan fingerprint density at radius 3 is 2.33 bits per heavy atom. The number of nitro benzene ring substituents is 2. The van der Waals surface area contributed by atoms with E-state index in [0.717, 1.165) is 12.1 Å². The number of nitrogens with zero attached hydrogens (tertiary/aromatic N) is 2. The fourth-order valence-electron chi connectivity index (χ4n) is 1.51. The molecule has 0 aliphatic heterocycles. The van der Waals surface area contributed by atoms with Crippen LogP contribution >= 0.6 is 0 Å². The standard InChI is InChI=1S/C10H12N2O8S/c1-2-3-10(21(17,18)19)20-9-5-4-7(11(13)14)6-8(9)12(15)16/h4-6,10H,2-3H2,1H3,(H,17,18,19). The first kappa shape index (κ1) is 16.8. The second-order valence-electron chi connectivity index (χ2n) is 4.02. The average molecular weight is 320 g/mol. The molecular formula is C10H12N2O8S. The van der Waals surface area contributed by atoms with Gasteiger partial charge >= 0.3 is 15.8 Å². The fourth-order valence-corrected chi connectivity index (χ4v) is 2.27. The molecule has 1 N–H and O–H groups in total. The van der Waals surface area contributed by atoms with E-state index in [-0.39, 0.29) is 6.42 Å². The molecule has 0 radical (unpaired) electrons. The second kappa shape index (κ2) is 6.45. The average Bonchev–Trinajstić information content (AvgIpc) is 2.36. The summed E-state index contributed by atoms with van der Waals surface area (Å²) in [6.45, 7) is 1.63. The lowest BCUT2D eigenvalue weighted by atomic mass is 10.2. The summed E-state index contributed by atoms with van der Waals surface area (Å²) in [4.78, 5) is 19.7. The molecule has 1 aromatic carbocycles. The maximum absolute atomic E-state index is 11.1. The van der Waals surface area contributed by atoms with Crippen LogP contribution in [0.2, 0.25) is 0 Å². The first-order chi connectivity index (χ1) is 9.66. The second-order valence-corrected chi connectivity index (χ2v) is 5.57. The number of ether oxygens (including phenoxy) is 1. The molecule has 0 fully saturated rings. The van der Waals surface area contributed by atoms with E-state index in [1.165, 1.54) is 0 Å². The third kappa shape index (κ3) is 4.36. The van der Waals surface area contributed by atoms with E-state index in [0.29, 0.717) is 12.5 Å². The van der Waals surface area contributed by atoms with E-state index >= 15 is 0 Å². The molecule has 1 atom stereocenters. The molecule has 21 heavy (non-hydrogen) atoms. The van der Waals surface area contributed by atoms with E-state index in [2.05, 4.69) is 0 Å². The van der Waals surface area contributed by atoms with E-state index in [1.54, 1.807) is 6.92 Å². The van der Waals surface area contributed by atoms with Gasteiger partial charge in [0.2, 0.25) is 5.44 Å². The van der Waals surface area contributed by atoms with Crippen LogP contribution in [0.25, 0.3) is 0 Å². The summed E-state index contributed by atoms with van der Waals surface area (Å²) in [5, 5.41) is 21.5. The number of benzene rings is 1. The van der Waals surface area contributed by atoms with Crippen molar-refractivity contribution in [2.45, 2.75) is 25.2 Å². The van der Waals surface area contributed by atoms with Crippen molar-refractivity contribution in [3.63, 3.8) is 0 Å². The highest BCUT2D eigenvalue weighted by atomic mass is 32.2. The minimum Gasteiger partial charge on any atom is -0.465 e. The molecule has 0 saturated carbocycles. The molecule has 1 rings (SSSR count). The Labute approximate surface area is 119 Å². The van der Waals surface area contributed by atoms with Gasteiger partial charge in [0.25, 0.3) is 5.69 Å². The van der Waals surface area contributed by atoms with E-state index < -0.39 is 42.5 Å². The maximum atomic E-state index is 11.1. The molecule has 0 heterocycles. The van der Waals surface area contributed by atoms with Gasteiger partial charge in [-0.1, -0.05) is 13.3 Å². The van der Waals surface area contributed by atoms with Crippen molar-refractivity contribution in [1.29, 1.82) is 0 Å². The topological polar surface area (TPSA) is 150 Å². The van der Waals surface area contributed by atoms with Crippen LogP contribution in [0.3, 0.4) is 0 Å². The van der Waals surface area contributed by atoms with Crippen molar-refractivity contribution in [2.24, 2.45) is 0 Å². The van der Waals surface area contributed by atoms with Crippen LogP contribution in [0.1, 0.15) is 19.8 Å². The first-order valence-electron chi connectivity index (χ1n) is 5.72. The molecule has 0 aromatic heterocycles. The predicted molar refractivity (Wildman–Crippen MR) is 70.6 cm³/mol. The third-order valence-electron chi connectivity index (χ3n) is 2.47. The van der Waals surface area contributed by atoms with E-state index in [1.807, 2.05) is 0 Å². The normalized spacial score (nSPS) is 12.7. The summed E-state index contributed by atoms with van der Waals surface area (Å²) in [6.07, 6.45) is 0.248. The number of hydrogen-bond acceptors (Lipinski definition) is 7. The molecule has 0 saturated heterocycles. The molecule has 0 amide bonds. The summed E-state index contributed by atoms with van der Waals surface area (Å²) in [7, 11) is -4.57. The summed E-state index contributed by atoms with van der Waals surface area (Å²) < 4.78 is 36.2. The maximum Gasteiger partial charge on any atom is 0.317 e. The molecule has 0 aliphatic carbocycles. The molecule has 11 heteroatoms. The molecule has 10 nitrogen and oxygen atoms in total. The summed E-state index contributed by atoms with van der Waals surface area (Å²) in [5.74, 6) is -0.471. The monoisotopic (exact) mass is 320 g/mol. The smallest absolute Gasteiger partial charge is 0.317 e. The van der Waals surface area contributed by atoms with Crippen LogP contribution in [-0.4, -0.2) is 28.3 Å². The minimum atomic E-state index is -4.57. The molecule has 1 unspecified atom stereocenters. The van der Waals surface area contributed by atoms with Crippen molar-refractivity contribution in [3.05, 3.63) is 38.4 Å². The molecule has 0 bridgehead atoms. The van der Waals surface area contributed by atoms with Gasteiger partial charge in [-0.3, -0.25) is 24.8 Å². The Kier molecular flexibility index (Phi) is 5.16. The zero-order valence-electron chi connectivity index (χ0n) is 10.8. The molecule has 116 valence electrons. The van der Waals surface area contributed by atoms with Crippen LogP contribution in [-0.2, 0) is 10.1 Å². The highest BCUT2D eigenvalue weighted by Crippen LogP contribution is 2.32. The fraction of sp³-hybridized carbons (Fsp3) is 0.400. The van der Waals surface area contributed by atoms with Crippen LogP contribution in [0.15, 0.2) is 18.2 Å². The Balaban J connectivity index is 3.23. The van der Waals surface area contributed by atoms with Gasteiger partial charge in [0, 0.05) is 12.5 Å². The number of rotatable bonds is 7. The Morgan fingerprint density at radius 2 is 1.90 bits per heavy atom. The summed E-state index contributed by atoms with van der Waals surface area (Å²) in [6, 6.07) is 2.52. The molecule has 0 aliphatic rings. The lowest BCUT2D eigenvalue weighted by Crippen LogP contribution is -2.27. The van der Waals surface area contributed by atoms with Gasteiger partial charge < -0.3 is 4.74 Å². The van der Waals surface area contributed by atoms with Crippen molar-refractivity contribution in [3.8, 4) is 5.75 Å². The first-order valence-corrected chi connectivity index (χ1v) is 7.23. The number of non-ortho nitro benzene ring substituents is 1. The Morgan fingerprint density at radius 1 is 1.29 bits per heavy atom. The van der Waals surface area contributed by atoms with Gasteiger partial charge in [-0.2, -0.15) is 8.42 Å². The minimum absolute atomic E-state index is 0.0903. The largest absolute Gasteiger partial charge is 0.465 e. The van der Waals surface area contributed by atoms with Crippen LogP contribution in [0, 0.1) is 20.2 Å². The Bertz CT molecular complexity index is 657. The molecule has 1 aromatic rings. The number of nitro groups is 2. The molecule has 0 spiro atoms. The van der Waals surface area contributed by atoms with Crippen LogP contribution in [0.5, 0.6) is 5.75 Å². The lowest BCUT2D eigenvalue weighted by Gasteiger charge is -2.15. The van der Waals surface area contributed by atoms with Crippen LogP contribution in [0.4, 0.5) is 11.4 Å². The van der Waals surface area contributed by atoms with E-state index in [9.17, 15) is 28.6 Å². The van der Waals surface area contributed by atoms with Gasteiger partial charge in [-0.15, -0.1) is 0 Å². The van der Waals surface area contributed by atoms with Gasteiger partial charge in [-0.05, 0) is 6.07 Å². The van der Waals surface area contributed by atoms with Gasteiger partial charge in [0.05, 0.1) is 15.9 Å². The van der Waals surface area contributed by atoms with E-state index in [4.69, 9.17) is 9.29 Å².